The van der Waals surface area contributed by atoms with Crippen molar-refractivity contribution in [1.82, 2.24) is 20.3 Å². The molecule has 1 heterocycles. The van der Waals surface area contributed by atoms with Crippen LogP contribution in [0.2, 0.25) is 0 Å². The van der Waals surface area contributed by atoms with Crippen molar-refractivity contribution in [1.29, 1.82) is 0 Å². The molecule has 0 amide bonds. The van der Waals surface area contributed by atoms with Crippen molar-refractivity contribution in [2.24, 2.45) is 0 Å². The molecule has 1 fully saturated rings. The average molecular weight is 180 g/mol. The minimum atomic E-state index is 0.735. The number of hydrogen-bond donors (Lipinski definition) is 1. The molecule has 0 atom stereocenters. The van der Waals surface area contributed by atoms with Gasteiger partial charge in [0.1, 0.15) is 0 Å². The fourth-order valence-corrected chi connectivity index (χ4v) is 1.69. The summed E-state index contributed by atoms with van der Waals surface area (Å²) >= 11 is 0. The van der Waals surface area contributed by atoms with Crippen LogP contribution < -0.4 is 5.32 Å². The molecule has 1 aromatic rings. The SMILES string of the molecule is CCn1nnc(CNC)c1C1CC1. The van der Waals surface area contributed by atoms with Crippen molar-refractivity contribution < 1.29 is 0 Å². The van der Waals surface area contributed by atoms with Gasteiger partial charge in [0.15, 0.2) is 0 Å². The van der Waals surface area contributed by atoms with Gasteiger partial charge in [0.05, 0.1) is 11.4 Å². The van der Waals surface area contributed by atoms with Gasteiger partial charge in [0.2, 0.25) is 0 Å². The zero-order chi connectivity index (χ0) is 9.26. The molecule has 4 heteroatoms. The first-order valence-electron chi connectivity index (χ1n) is 4.93. The summed E-state index contributed by atoms with van der Waals surface area (Å²) in [6.45, 7) is 3.89. The molecule has 4 nitrogen and oxygen atoms in total. The Bertz CT molecular complexity index is 288. The van der Waals surface area contributed by atoms with Gasteiger partial charge in [-0.25, -0.2) is 4.68 Å². The molecule has 1 N–H and O–H groups in total. The highest BCUT2D eigenvalue weighted by atomic mass is 15.4. The third-order valence-corrected chi connectivity index (χ3v) is 2.45. The van der Waals surface area contributed by atoms with Crippen LogP contribution in [-0.4, -0.2) is 22.0 Å². The van der Waals surface area contributed by atoms with Crippen LogP contribution in [0.1, 0.15) is 37.1 Å². The van der Waals surface area contributed by atoms with E-state index in [1.165, 1.54) is 18.5 Å². The predicted octanol–water partition coefficient (Wildman–Crippen LogP) is 0.895. The van der Waals surface area contributed by atoms with E-state index in [4.69, 9.17) is 0 Å². The quantitative estimate of drug-likeness (QED) is 0.748. The average Bonchev–Trinajstić information content (AvgIpc) is 2.89. The highest BCUT2D eigenvalue weighted by Gasteiger charge is 2.30. The molecule has 1 aromatic heterocycles. The van der Waals surface area contributed by atoms with Crippen LogP contribution in [-0.2, 0) is 13.1 Å². The highest BCUT2D eigenvalue weighted by Crippen LogP contribution is 2.41. The minimum Gasteiger partial charge on any atom is -0.314 e. The molecule has 1 aliphatic rings. The summed E-state index contributed by atoms with van der Waals surface area (Å²) in [5.41, 5.74) is 2.49. The predicted molar refractivity (Wildman–Crippen MR) is 50.4 cm³/mol. The molecule has 0 radical (unpaired) electrons. The molecule has 13 heavy (non-hydrogen) atoms. The molecule has 0 saturated heterocycles. The number of nitrogens with one attached hydrogen (secondary N) is 1. The van der Waals surface area contributed by atoms with E-state index in [-0.39, 0.29) is 0 Å². The Morgan fingerprint density at radius 1 is 1.54 bits per heavy atom. The standard InChI is InChI=1S/C9H16N4/c1-3-13-9(7-4-5-7)8(6-10-2)11-12-13/h7,10H,3-6H2,1-2H3. The summed E-state index contributed by atoms with van der Waals surface area (Å²) < 4.78 is 2.03. The molecular formula is C9H16N4. The first kappa shape index (κ1) is 8.69. The van der Waals surface area contributed by atoms with Gasteiger partial charge < -0.3 is 5.32 Å². The number of rotatable bonds is 4. The Morgan fingerprint density at radius 2 is 2.31 bits per heavy atom. The lowest BCUT2D eigenvalue weighted by Gasteiger charge is -2.03. The third kappa shape index (κ3) is 1.58. The monoisotopic (exact) mass is 180 g/mol. The molecule has 72 valence electrons. The van der Waals surface area contributed by atoms with Gasteiger partial charge in [-0.15, -0.1) is 5.10 Å². The van der Waals surface area contributed by atoms with Gasteiger partial charge in [-0.1, -0.05) is 5.21 Å². The molecule has 1 aliphatic carbocycles. The smallest absolute Gasteiger partial charge is 0.0999 e. The van der Waals surface area contributed by atoms with Gasteiger partial charge in [0.25, 0.3) is 0 Å². The van der Waals surface area contributed by atoms with Crippen LogP contribution in [0.5, 0.6) is 0 Å². The number of aromatic nitrogens is 3. The van der Waals surface area contributed by atoms with E-state index < -0.39 is 0 Å². The minimum absolute atomic E-state index is 0.735. The maximum Gasteiger partial charge on any atom is 0.0999 e. The first-order valence-corrected chi connectivity index (χ1v) is 4.93. The van der Waals surface area contributed by atoms with Crippen molar-refractivity contribution in [3.05, 3.63) is 11.4 Å². The van der Waals surface area contributed by atoms with Crippen LogP contribution in [0.3, 0.4) is 0 Å². The second-order valence-corrected chi connectivity index (χ2v) is 3.54. The van der Waals surface area contributed by atoms with Gasteiger partial charge >= 0.3 is 0 Å². The zero-order valence-electron chi connectivity index (χ0n) is 8.25. The molecule has 2 rings (SSSR count). The number of hydrogen-bond acceptors (Lipinski definition) is 3. The van der Waals surface area contributed by atoms with Crippen molar-refractivity contribution in [2.75, 3.05) is 7.05 Å². The first-order chi connectivity index (χ1) is 6.36. The van der Waals surface area contributed by atoms with Gasteiger partial charge in [-0.05, 0) is 26.8 Å². The summed E-state index contributed by atoms with van der Waals surface area (Å²) in [6.07, 6.45) is 2.62. The lowest BCUT2D eigenvalue weighted by Crippen LogP contribution is -2.09. The Morgan fingerprint density at radius 3 is 2.85 bits per heavy atom. The van der Waals surface area contributed by atoms with E-state index in [9.17, 15) is 0 Å². The van der Waals surface area contributed by atoms with Crippen molar-refractivity contribution in [3.63, 3.8) is 0 Å². The van der Waals surface area contributed by atoms with E-state index in [0.29, 0.717) is 0 Å². The van der Waals surface area contributed by atoms with E-state index in [1.807, 2.05) is 11.7 Å². The summed E-state index contributed by atoms with van der Waals surface area (Å²) in [5, 5.41) is 11.5. The molecule has 0 aromatic carbocycles. The summed E-state index contributed by atoms with van der Waals surface area (Å²) in [7, 11) is 1.95. The third-order valence-electron chi connectivity index (χ3n) is 2.45. The number of nitrogens with zero attached hydrogens (tertiary/aromatic N) is 3. The molecular weight excluding hydrogens is 164 g/mol. The van der Waals surface area contributed by atoms with Crippen LogP contribution in [0, 0.1) is 0 Å². The Hall–Kier alpha value is -0.900. The van der Waals surface area contributed by atoms with Crippen LogP contribution in [0.4, 0.5) is 0 Å². The highest BCUT2D eigenvalue weighted by molar-refractivity contribution is 5.20. The maximum atomic E-state index is 4.19. The molecule has 1 saturated carbocycles. The van der Waals surface area contributed by atoms with Crippen LogP contribution >= 0.6 is 0 Å². The van der Waals surface area contributed by atoms with Gasteiger partial charge in [-0.3, -0.25) is 0 Å². The Kier molecular flexibility index (Phi) is 2.31. The lowest BCUT2D eigenvalue weighted by molar-refractivity contribution is 0.598. The molecule has 0 bridgehead atoms. The molecule has 0 aliphatic heterocycles. The van der Waals surface area contributed by atoms with E-state index in [2.05, 4.69) is 22.6 Å². The van der Waals surface area contributed by atoms with Crippen molar-refractivity contribution in [3.8, 4) is 0 Å². The second-order valence-electron chi connectivity index (χ2n) is 3.54. The molecule has 0 unspecified atom stereocenters. The van der Waals surface area contributed by atoms with Crippen LogP contribution in [0.25, 0.3) is 0 Å². The maximum absolute atomic E-state index is 4.19. The van der Waals surface area contributed by atoms with Crippen molar-refractivity contribution in [2.45, 2.75) is 38.8 Å². The van der Waals surface area contributed by atoms with Crippen LogP contribution in [0.15, 0.2) is 0 Å². The largest absolute Gasteiger partial charge is 0.314 e. The Labute approximate surface area is 78.3 Å². The topological polar surface area (TPSA) is 42.7 Å². The van der Waals surface area contributed by atoms with E-state index >= 15 is 0 Å². The second kappa shape index (κ2) is 3.46. The van der Waals surface area contributed by atoms with Gasteiger partial charge in [-0.2, -0.15) is 0 Å². The van der Waals surface area contributed by atoms with Gasteiger partial charge in [0, 0.05) is 19.0 Å². The number of aryl methyl sites for hydroxylation is 1. The summed E-state index contributed by atoms with van der Waals surface area (Å²) in [6, 6.07) is 0. The van der Waals surface area contributed by atoms with Crippen molar-refractivity contribution >= 4 is 0 Å². The summed E-state index contributed by atoms with van der Waals surface area (Å²) in [5.74, 6) is 0.735. The lowest BCUT2D eigenvalue weighted by atomic mass is 10.2. The normalized spacial score (nSPS) is 16.5. The fraction of sp³-hybridized carbons (Fsp3) is 0.778. The Balaban J connectivity index is 2.27. The van der Waals surface area contributed by atoms with E-state index in [0.717, 1.165) is 24.7 Å². The fourth-order valence-electron chi connectivity index (χ4n) is 1.69. The summed E-state index contributed by atoms with van der Waals surface area (Å²) in [4.78, 5) is 0. The zero-order valence-corrected chi connectivity index (χ0v) is 8.25. The molecule has 0 spiro atoms. The van der Waals surface area contributed by atoms with E-state index in [1.54, 1.807) is 0 Å².